The van der Waals surface area contributed by atoms with Crippen molar-refractivity contribution >= 4 is 65.0 Å². The van der Waals surface area contributed by atoms with Gasteiger partial charge in [0.2, 0.25) is 59.1 Å². The van der Waals surface area contributed by atoms with Crippen LogP contribution < -0.4 is 27.0 Å². The molecular formula is C62H112N12O12. The van der Waals surface area contributed by atoms with Gasteiger partial charge in [-0.05, 0) is 101 Å². The summed E-state index contributed by atoms with van der Waals surface area (Å²) in [6.45, 7) is 28.9. The lowest BCUT2D eigenvalue weighted by Gasteiger charge is -2.46. The summed E-state index contributed by atoms with van der Waals surface area (Å²) in [5, 5.41) is 23.1. The van der Waals surface area contributed by atoms with Crippen LogP contribution in [-0.2, 0) is 52.7 Å². The molecule has 24 nitrogen and oxygen atoms in total. The number of nitrogens with one attached hydrogen (secondary N) is 4. The summed E-state index contributed by atoms with van der Waals surface area (Å²) in [6.07, 6.45) is 2.75. The molecule has 0 aliphatic carbocycles. The molecule has 1 saturated heterocycles. The summed E-state index contributed by atoms with van der Waals surface area (Å²) in [6, 6.07) is -11.4. The number of allylic oxidation sites excluding steroid dienone is 2. The minimum atomic E-state index is -2.24. The molecule has 0 aromatic rings. The van der Waals surface area contributed by atoms with Crippen molar-refractivity contribution in [2.75, 3.05) is 55.9 Å². The highest BCUT2D eigenvalue weighted by Crippen LogP contribution is 2.29. The number of hydrogen-bond donors (Lipinski definition) is 6. The fraction of sp³-hybridized carbons (Fsp3) is 0.790. The van der Waals surface area contributed by atoms with Gasteiger partial charge in [-0.2, -0.15) is 0 Å². The monoisotopic (exact) mass is 1220 g/mol. The van der Waals surface area contributed by atoms with Crippen molar-refractivity contribution in [1.29, 1.82) is 0 Å². The Hall–Kier alpha value is -6.17. The fourth-order valence-electron chi connectivity index (χ4n) is 10.7. The number of hydrogen-bond acceptors (Lipinski definition) is 13. The van der Waals surface area contributed by atoms with Gasteiger partial charge >= 0.3 is 0 Å². The predicted octanol–water partition coefficient (Wildman–Crippen LogP) is 2.56. The third-order valence-corrected chi connectivity index (χ3v) is 16.5. The molecule has 86 heavy (non-hydrogen) atoms. The maximum atomic E-state index is 15.3. The lowest BCUT2D eigenvalue weighted by atomic mass is 9.88. The molecule has 1 aliphatic rings. The molecule has 0 saturated carbocycles. The number of carbonyl (C=O) groups is 11. The number of rotatable bonds is 15. The highest BCUT2D eigenvalue weighted by molar-refractivity contribution is 6.00. The highest BCUT2D eigenvalue weighted by Gasteiger charge is 2.52. The van der Waals surface area contributed by atoms with E-state index in [4.69, 9.17) is 5.73 Å². The third-order valence-electron chi connectivity index (χ3n) is 16.5. The van der Waals surface area contributed by atoms with E-state index in [2.05, 4.69) is 21.3 Å². The van der Waals surface area contributed by atoms with Gasteiger partial charge in [0.1, 0.15) is 54.4 Å². The standard InChI is InChI=1S/C62H112N12O12/c1-25-27-28-40(15)51(76)50-55(80)66-43(26-2)57(82)68(18)33-48(75)69(19)44(29-34(3)4)54(79)67-49(38(11)12)60(85)70(20)45(30-35(5)6)53(78)64-41(16)52(77)65-42(17)56(81)71(21)46(31-36(7)8)58(83)72(22)47(32-37(9)10)59(84)74(24)62(63,39(13)14)61(86)73(50)23/h25,27,34-47,49-51,76H,26,28-33,63H2,1-24H3,(H,64,78)(H,65,77)(H,66,80)(H,67,79)/b27-25+/t40-,41+,42-,43+,44+,45+,46+,47+,49+,50+,51-,62+/m1/s1. The molecule has 1 aliphatic heterocycles. The van der Waals surface area contributed by atoms with E-state index in [-0.39, 0.29) is 62.2 Å². The van der Waals surface area contributed by atoms with Crippen LogP contribution in [0.1, 0.15) is 156 Å². The molecule has 11 amide bonds. The Morgan fingerprint density at radius 1 is 0.535 bits per heavy atom. The molecule has 1 heterocycles. The van der Waals surface area contributed by atoms with Gasteiger partial charge in [-0.15, -0.1) is 0 Å². The Kier molecular flexibility index (Phi) is 31.1. The zero-order valence-electron chi connectivity index (χ0n) is 56.6. The summed E-state index contributed by atoms with van der Waals surface area (Å²) < 4.78 is 0. The van der Waals surface area contributed by atoms with Crippen LogP contribution in [0.5, 0.6) is 0 Å². The van der Waals surface area contributed by atoms with Gasteiger partial charge in [-0.25, -0.2) is 0 Å². The molecule has 1 rings (SSSR count). The van der Waals surface area contributed by atoms with Crippen LogP contribution in [0, 0.1) is 41.4 Å². The highest BCUT2D eigenvalue weighted by atomic mass is 16.3. The van der Waals surface area contributed by atoms with E-state index >= 15 is 14.4 Å². The van der Waals surface area contributed by atoms with Gasteiger partial charge < -0.3 is 66.4 Å². The zero-order chi connectivity index (χ0) is 66.9. The van der Waals surface area contributed by atoms with Gasteiger partial charge in [0, 0.05) is 49.3 Å². The second kappa shape index (κ2) is 34.4. The van der Waals surface area contributed by atoms with Gasteiger partial charge in [-0.3, -0.25) is 52.7 Å². The molecule has 7 N–H and O–H groups in total. The summed E-state index contributed by atoms with van der Waals surface area (Å²) in [4.78, 5) is 169. The van der Waals surface area contributed by atoms with E-state index < -0.39 is 155 Å². The average molecular weight is 1220 g/mol. The number of aliphatic hydroxyl groups excluding tert-OH is 1. The van der Waals surface area contributed by atoms with Crippen LogP contribution in [-0.4, -0.2) is 226 Å². The van der Waals surface area contributed by atoms with Gasteiger partial charge in [0.15, 0.2) is 5.66 Å². The Morgan fingerprint density at radius 3 is 1.42 bits per heavy atom. The van der Waals surface area contributed by atoms with Crippen LogP contribution in [0.25, 0.3) is 0 Å². The van der Waals surface area contributed by atoms with E-state index in [0.717, 1.165) is 14.7 Å². The maximum absolute atomic E-state index is 15.3. The first kappa shape index (κ1) is 77.8. The maximum Gasteiger partial charge on any atom is 0.264 e. The van der Waals surface area contributed by atoms with Crippen molar-refractivity contribution in [1.82, 2.24) is 55.6 Å². The zero-order valence-corrected chi connectivity index (χ0v) is 56.6. The van der Waals surface area contributed by atoms with E-state index in [1.165, 1.54) is 82.8 Å². The van der Waals surface area contributed by atoms with Crippen LogP contribution in [0.2, 0.25) is 0 Å². The minimum Gasteiger partial charge on any atom is -0.390 e. The van der Waals surface area contributed by atoms with Crippen LogP contribution in [0.4, 0.5) is 0 Å². The Labute approximate surface area is 514 Å². The quantitative estimate of drug-likeness (QED) is 0.129. The first-order valence-corrected chi connectivity index (χ1v) is 30.7. The lowest BCUT2D eigenvalue weighted by molar-refractivity contribution is -0.165. The fourth-order valence-corrected chi connectivity index (χ4v) is 10.7. The summed E-state index contributed by atoms with van der Waals surface area (Å²) in [7, 11) is 9.64. The van der Waals surface area contributed by atoms with Gasteiger partial charge in [0.25, 0.3) is 5.91 Å². The first-order chi connectivity index (χ1) is 39.6. The number of nitrogens with two attached hydrogens (primary N) is 1. The van der Waals surface area contributed by atoms with E-state index in [1.54, 1.807) is 60.6 Å². The molecule has 492 valence electrons. The summed E-state index contributed by atoms with van der Waals surface area (Å²) in [5.74, 6) is -10.7. The normalized spacial score (nSPS) is 27.6. The predicted molar refractivity (Wildman–Crippen MR) is 332 cm³/mol. The smallest absolute Gasteiger partial charge is 0.264 e. The topological polar surface area (TPSA) is 305 Å². The van der Waals surface area contributed by atoms with Crippen molar-refractivity contribution in [3.63, 3.8) is 0 Å². The molecule has 12 atom stereocenters. The van der Waals surface area contributed by atoms with Crippen molar-refractivity contribution in [2.24, 2.45) is 47.2 Å². The number of carbonyl (C=O) groups excluding carboxylic acids is 11. The van der Waals surface area contributed by atoms with E-state index in [0.29, 0.717) is 0 Å². The largest absolute Gasteiger partial charge is 0.390 e. The third kappa shape index (κ3) is 20.5. The molecular weight excluding hydrogens is 1100 g/mol. The molecule has 0 spiro atoms. The molecule has 1 fully saturated rings. The Bertz CT molecular complexity index is 2380. The molecule has 0 radical (unpaired) electrons. The Morgan fingerprint density at radius 2 is 0.965 bits per heavy atom. The lowest BCUT2D eigenvalue weighted by Crippen LogP contribution is -2.72. The number of amides is 11. The van der Waals surface area contributed by atoms with Gasteiger partial charge in [0.05, 0.1) is 12.6 Å². The number of likely N-dealkylation sites (N-methyl/N-ethyl adjacent to an activating group) is 7. The van der Waals surface area contributed by atoms with Crippen molar-refractivity contribution in [2.45, 2.75) is 222 Å². The van der Waals surface area contributed by atoms with Gasteiger partial charge in [-0.1, -0.05) is 109 Å². The number of aliphatic hydroxyl groups is 1. The number of nitrogens with zero attached hydrogens (tertiary/aromatic N) is 7. The van der Waals surface area contributed by atoms with Crippen molar-refractivity contribution < 1.29 is 57.8 Å². The molecule has 0 bridgehead atoms. The average Bonchev–Trinajstić information content (AvgIpc) is 1.15. The molecule has 0 aromatic carbocycles. The summed E-state index contributed by atoms with van der Waals surface area (Å²) >= 11 is 0. The van der Waals surface area contributed by atoms with Crippen molar-refractivity contribution in [3.05, 3.63) is 12.2 Å². The van der Waals surface area contributed by atoms with E-state index in [9.17, 15) is 43.5 Å². The first-order valence-electron chi connectivity index (χ1n) is 30.7. The molecule has 24 heteroatoms. The summed E-state index contributed by atoms with van der Waals surface area (Å²) in [5.41, 5.74) is 4.94. The second-order valence-corrected chi connectivity index (χ2v) is 26.3. The van der Waals surface area contributed by atoms with E-state index in [1.807, 2.05) is 55.4 Å². The second-order valence-electron chi connectivity index (χ2n) is 26.3. The Balaban J connectivity index is 4.38. The molecule has 0 aromatic heterocycles. The van der Waals surface area contributed by atoms with Crippen LogP contribution in [0.3, 0.4) is 0 Å². The molecule has 0 unspecified atom stereocenters. The van der Waals surface area contributed by atoms with Crippen LogP contribution in [0.15, 0.2) is 12.2 Å². The van der Waals surface area contributed by atoms with Crippen LogP contribution >= 0.6 is 0 Å². The minimum absolute atomic E-state index is 0.00669. The van der Waals surface area contributed by atoms with Crippen molar-refractivity contribution in [3.8, 4) is 0 Å². The SMILES string of the molecule is C/C=C/C[C@@H](C)[C@@H](O)[C@H]1C(=O)N[C@@H](CC)C(=O)N(C)CC(=O)N(C)[C@@H](CC(C)C)C(=O)N[C@@H](C(C)C)C(=O)N(C)[C@@H](CC(C)C)C(=O)N[C@@H](C)C(=O)N[C@H](C)C(=O)N(C)[C@@H](CC(C)C)C(=O)N(C)[C@@H](CC(C)C)C(=O)N(C)[C@@](N)(C(C)C)C(=O)N1C.